The lowest BCUT2D eigenvalue weighted by Crippen LogP contribution is -2.51. The molecule has 3 N–H and O–H groups in total. The van der Waals surface area contributed by atoms with E-state index in [-0.39, 0.29) is 16.9 Å². The maximum absolute atomic E-state index is 11.3. The number of nitrogens with one attached hydrogen (secondary N) is 1. The van der Waals surface area contributed by atoms with Crippen LogP contribution in [0, 0.1) is 0 Å². The van der Waals surface area contributed by atoms with Crippen molar-refractivity contribution in [3.63, 3.8) is 0 Å². The molecule has 0 aromatic rings. The van der Waals surface area contributed by atoms with Gasteiger partial charge < -0.3 is 14.9 Å². The van der Waals surface area contributed by atoms with Crippen LogP contribution in [0.2, 0.25) is 0 Å². The number of hydrogen-bond donors (Lipinski definition) is 3. The third-order valence-electron chi connectivity index (χ3n) is 2.91. The van der Waals surface area contributed by atoms with Gasteiger partial charge in [-0.1, -0.05) is 6.58 Å². The standard InChI is InChI=1S/C12H22N2O6S/c1-9(2)11(15)13-6-5-7-14(3,4)8-10(12(16)17)21(18,19)20/h10H,1,5-8H2,2-4H3,(H2-,13,15,16,17,18,19,20)/p+1. The summed E-state index contributed by atoms with van der Waals surface area (Å²) in [5.41, 5.74) is 0.390. The highest BCUT2D eigenvalue weighted by Gasteiger charge is 2.37. The van der Waals surface area contributed by atoms with Crippen LogP contribution in [0.4, 0.5) is 0 Å². The van der Waals surface area contributed by atoms with Crippen molar-refractivity contribution < 1.29 is 32.1 Å². The summed E-state index contributed by atoms with van der Waals surface area (Å²) < 4.78 is 31.1. The topological polar surface area (TPSA) is 121 Å². The highest BCUT2D eigenvalue weighted by Crippen LogP contribution is 2.08. The minimum absolute atomic E-state index is 0.0830. The van der Waals surface area contributed by atoms with Crippen molar-refractivity contribution in [1.82, 2.24) is 5.32 Å². The molecular formula is C12H23N2O6S+. The second-order valence-corrected chi connectivity index (χ2v) is 7.17. The number of hydrogen-bond acceptors (Lipinski definition) is 4. The first-order chi connectivity index (χ1) is 9.37. The maximum Gasteiger partial charge on any atom is 0.330 e. The third kappa shape index (κ3) is 7.78. The van der Waals surface area contributed by atoms with Crippen LogP contribution in [-0.4, -0.2) is 73.4 Å². The van der Waals surface area contributed by atoms with Gasteiger partial charge in [0.25, 0.3) is 10.1 Å². The van der Waals surface area contributed by atoms with Crippen LogP contribution in [0.5, 0.6) is 0 Å². The Balaban J connectivity index is 4.46. The van der Waals surface area contributed by atoms with Gasteiger partial charge in [-0.2, -0.15) is 8.42 Å². The molecule has 0 spiro atoms. The minimum atomic E-state index is -4.65. The van der Waals surface area contributed by atoms with E-state index in [0.717, 1.165) is 0 Å². The minimum Gasteiger partial charge on any atom is -0.480 e. The first-order valence-corrected chi connectivity index (χ1v) is 7.82. The van der Waals surface area contributed by atoms with Crippen LogP contribution in [0.15, 0.2) is 12.2 Å². The molecule has 0 radical (unpaired) electrons. The summed E-state index contributed by atoms with van der Waals surface area (Å²) in [5, 5.41) is 9.63. The van der Waals surface area contributed by atoms with Crippen LogP contribution < -0.4 is 5.32 Å². The second kappa shape index (κ2) is 7.53. The Labute approximate surface area is 124 Å². The number of rotatable bonds is 9. The maximum atomic E-state index is 11.3. The van der Waals surface area contributed by atoms with Gasteiger partial charge in [0, 0.05) is 18.5 Å². The zero-order chi connectivity index (χ0) is 16.8. The van der Waals surface area contributed by atoms with Gasteiger partial charge in [0.2, 0.25) is 11.2 Å². The predicted molar refractivity (Wildman–Crippen MR) is 77.3 cm³/mol. The Hall–Kier alpha value is -1.45. The average molecular weight is 323 g/mol. The monoisotopic (exact) mass is 323 g/mol. The summed E-state index contributed by atoms with van der Waals surface area (Å²) in [6.45, 7) is 5.63. The second-order valence-electron chi connectivity index (χ2n) is 5.57. The number of carbonyl (C=O) groups excluding carboxylic acids is 1. The first-order valence-electron chi connectivity index (χ1n) is 6.31. The van der Waals surface area contributed by atoms with Crippen LogP contribution in [0.25, 0.3) is 0 Å². The zero-order valence-electron chi connectivity index (χ0n) is 12.5. The van der Waals surface area contributed by atoms with Crippen molar-refractivity contribution in [2.45, 2.75) is 18.6 Å². The number of quaternary nitrogens is 1. The average Bonchev–Trinajstić information content (AvgIpc) is 2.29. The highest BCUT2D eigenvalue weighted by atomic mass is 32.2. The van der Waals surface area contributed by atoms with E-state index in [4.69, 9.17) is 9.66 Å². The van der Waals surface area contributed by atoms with Crippen LogP contribution in [0.1, 0.15) is 13.3 Å². The largest absolute Gasteiger partial charge is 0.480 e. The number of carbonyl (C=O) groups is 2. The normalized spacial score (nSPS) is 13.5. The van der Waals surface area contributed by atoms with Gasteiger partial charge in [0.1, 0.15) is 6.54 Å². The molecule has 0 heterocycles. The van der Waals surface area contributed by atoms with Crippen molar-refractivity contribution in [3.8, 4) is 0 Å². The molecule has 1 amide bonds. The van der Waals surface area contributed by atoms with Crippen LogP contribution >= 0.6 is 0 Å². The van der Waals surface area contributed by atoms with Crippen molar-refractivity contribution >= 4 is 22.0 Å². The molecule has 8 nitrogen and oxygen atoms in total. The Kier molecular flexibility index (Phi) is 7.01. The van der Waals surface area contributed by atoms with Crippen molar-refractivity contribution in [2.75, 3.05) is 33.7 Å². The summed E-state index contributed by atoms with van der Waals surface area (Å²) in [6.07, 6.45) is 0.532. The third-order valence-corrected chi connectivity index (χ3v) is 3.98. The summed E-state index contributed by atoms with van der Waals surface area (Å²) in [4.78, 5) is 22.2. The number of carboxylic acid groups (broad SMARTS) is 1. The molecule has 0 saturated carbocycles. The molecule has 0 aromatic carbocycles. The van der Waals surface area contributed by atoms with E-state index in [1.165, 1.54) is 0 Å². The molecule has 0 fully saturated rings. The van der Waals surface area contributed by atoms with Crippen molar-refractivity contribution in [1.29, 1.82) is 0 Å². The Morgan fingerprint density at radius 3 is 2.24 bits per heavy atom. The number of carboxylic acids is 1. The molecule has 21 heavy (non-hydrogen) atoms. The van der Waals surface area contributed by atoms with E-state index < -0.39 is 21.3 Å². The van der Waals surface area contributed by atoms with E-state index in [1.54, 1.807) is 21.0 Å². The number of nitrogens with zero attached hydrogens (tertiary/aromatic N) is 1. The summed E-state index contributed by atoms with van der Waals surface area (Å²) >= 11 is 0. The molecule has 0 bridgehead atoms. The Morgan fingerprint density at radius 1 is 1.33 bits per heavy atom. The van der Waals surface area contributed by atoms with Crippen LogP contribution in [-0.2, 0) is 19.7 Å². The first kappa shape index (κ1) is 19.6. The summed E-state index contributed by atoms with van der Waals surface area (Å²) in [6, 6.07) is 0. The van der Waals surface area contributed by atoms with E-state index in [1.807, 2.05) is 0 Å². The van der Waals surface area contributed by atoms with E-state index >= 15 is 0 Å². The van der Waals surface area contributed by atoms with E-state index in [0.29, 0.717) is 25.1 Å². The lowest BCUT2D eigenvalue weighted by Gasteiger charge is -2.31. The molecule has 0 aliphatic heterocycles. The SMILES string of the molecule is C=C(C)C(=O)NCCC[N+](C)(C)CC(C(=O)O)S(=O)(=O)O. The van der Waals surface area contributed by atoms with Gasteiger partial charge in [-0.15, -0.1) is 0 Å². The Morgan fingerprint density at radius 2 is 1.86 bits per heavy atom. The van der Waals surface area contributed by atoms with Crippen molar-refractivity contribution in [3.05, 3.63) is 12.2 Å². The molecule has 122 valence electrons. The lowest BCUT2D eigenvalue weighted by molar-refractivity contribution is -0.889. The van der Waals surface area contributed by atoms with Gasteiger partial charge in [-0.3, -0.25) is 14.1 Å². The quantitative estimate of drug-likeness (QED) is 0.227. The molecular weight excluding hydrogens is 300 g/mol. The smallest absolute Gasteiger partial charge is 0.330 e. The van der Waals surface area contributed by atoms with Gasteiger partial charge in [-0.05, 0) is 6.92 Å². The lowest BCUT2D eigenvalue weighted by atomic mass is 10.3. The van der Waals surface area contributed by atoms with E-state index in [9.17, 15) is 18.0 Å². The molecule has 0 aliphatic rings. The highest BCUT2D eigenvalue weighted by molar-refractivity contribution is 7.87. The van der Waals surface area contributed by atoms with Crippen molar-refractivity contribution in [2.24, 2.45) is 0 Å². The summed E-state index contributed by atoms with van der Waals surface area (Å²) in [7, 11) is -1.34. The molecule has 9 heteroatoms. The van der Waals surface area contributed by atoms with Gasteiger partial charge in [0.15, 0.2) is 0 Å². The van der Waals surface area contributed by atoms with Gasteiger partial charge in [-0.25, -0.2) is 0 Å². The Bertz CT molecular complexity index is 512. The fourth-order valence-electron chi connectivity index (χ4n) is 1.70. The zero-order valence-corrected chi connectivity index (χ0v) is 13.3. The number of amides is 1. The molecule has 0 aromatic heterocycles. The fraction of sp³-hybridized carbons (Fsp3) is 0.667. The van der Waals surface area contributed by atoms with Gasteiger partial charge in [0.05, 0.1) is 20.6 Å². The van der Waals surface area contributed by atoms with E-state index in [2.05, 4.69) is 11.9 Å². The molecule has 0 aliphatic carbocycles. The van der Waals surface area contributed by atoms with Gasteiger partial charge >= 0.3 is 5.97 Å². The molecule has 0 rings (SSSR count). The molecule has 1 atom stereocenters. The van der Waals surface area contributed by atoms with Crippen LogP contribution in [0.3, 0.4) is 0 Å². The molecule has 1 unspecified atom stereocenters. The predicted octanol–water partition coefficient (Wildman–Crippen LogP) is -0.514. The number of aliphatic carboxylic acids is 1. The summed E-state index contributed by atoms with van der Waals surface area (Å²) in [5.74, 6) is -1.85. The molecule has 0 saturated heterocycles. The fourth-order valence-corrected chi connectivity index (χ4v) is 2.55.